The molecule has 2 aromatic rings. The Balaban J connectivity index is 1.80. The highest BCUT2D eigenvalue weighted by molar-refractivity contribution is 6.31. The van der Waals surface area contributed by atoms with Gasteiger partial charge >= 0.3 is 0 Å². The van der Waals surface area contributed by atoms with Crippen LogP contribution >= 0.6 is 0 Å². The van der Waals surface area contributed by atoms with Crippen LogP contribution in [0.4, 0.5) is 0 Å². The second-order valence-electron chi connectivity index (χ2n) is 8.89. The van der Waals surface area contributed by atoms with Crippen LogP contribution in [0.5, 0.6) is 28.7 Å². The van der Waals surface area contributed by atoms with Crippen LogP contribution < -0.4 is 19.5 Å². The van der Waals surface area contributed by atoms with Gasteiger partial charge in [0.15, 0.2) is 28.8 Å². The number of ether oxygens (including phenoxy) is 3. The zero-order chi connectivity index (χ0) is 26.5. The van der Waals surface area contributed by atoms with Gasteiger partial charge in [0.2, 0.25) is 0 Å². The standard InChI is InChI=1S/C27H27NO8/c1-12-22(31)20(14(3)29)25-21(23(12)32)27(4)18(36-25)10-16(30)19(26(27)33)13(2)28-11-15-8-7-9-17(34-5)24(15)35-6/h7-10,28,31-32H,11H2,1-6H3/b19-13+/t27-/m0/s1. The average molecular weight is 494 g/mol. The van der Waals surface area contributed by atoms with Crippen molar-refractivity contribution < 1.29 is 38.8 Å². The number of aromatic hydroxyl groups is 2. The van der Waals surface area contributed by atoms with E-state index in [0.717, 1.165) is 5.56 Å². The summed E-state index contributed by atoms with van der Waals surface area (Å²) in [7, 11) is 3.05. The number of fused-ring (bicyclic) bond motifs is 3. The van der Waals surface area contributed by atoms with Gasteiger partial charge in [-0.15, -0.1) is 0 Å². The van der Waals surface area contributed by atoms with Gasteiger partial charge in [0.25, 0.3) is 0 Å². The number of hydrogen-bond acceptors (Lipinski definition) is 9. The van der Waals surface area contributed by atoms with Crippen molar-refractivity contribution in [2.45, 2.75) is 39.7 Å². The molecule has 188 valence electrons. The van der Waals surface area contributed by atoms with E-state index < -0.39 is 28.5 Å². The predicted octanol–water partition coefficient (Wildman–Crippen LogP) is 3.38. The smallest absolute Gasteiger partial charge is 0.194 e. The first-order chi connectivity index (χ1) is 17.0. The van der Waals surface area contributed by atoms with Gasteiger partial charge in [-0.05, 0) is 33.8 Å². The molecule has 0 amide bonds. The SMILES string of the molecule is COc1cccc(CN/C(C)=C2\C(=O)C=C3Oc4c(C(C)=O)c(O)c(C)c(O)c4[C@@]3(C)C2=O)c1OC. The van der Waals surface area contributed by atoms with E-state index in [0.29, 0.717) is 17.2 Å². The Hall–Kier alpha value is -4.27. The Morgan fingerprint density at radius 3 is 2.42 bits per heavy atom. The lowest BCUT2D eigenvalue weighted by Crippen LogP contribution is -2.41. The van der Waals surface area contributed by atoms with E-state index in [2.05, 4.69) is 5.32 Å². The number of phenols is 2. The summed E-state index contributed by atoms with van der Waals surface area (Å²) >= 11 is 0. The molecule has 0 radical (unpaired) electrons. The number of Topliss-reactive ketones (excluding diaryl/α,β-unsaturated/α-hetero) is 2. The van der Waals surface area contributed by atoms with Gasteiger partial charge in [-0.25, -0.2) is 0 Å². The first-order valence-electron chi connectivity index (χ1n) is 11.2. The first-order valence-corrected chi connectivity index (χ1v) is 11.2. The number of phenolic OH excluding ortho intramolecular Hbond substituents is 2. The lowest BCUT2D eigenvalue weighted by atomic mass is 9.70. The number of allylic oxidation sites excluding steroid dienone is 4. The first kappa shape index (κ1) is 24.8. The minimum atomic E-state index is -1.57. The van der Waals surface area contributed by atoms with Crippen LogP contribution in [-0.4, -0.2) is 41.8 Å². The minimum absolute atomic E-state index is 0.0127. The van der Waals surface area contributed by atoms with Crippen LogP contribution in [0.15, 0.2) is 41.3 Å². The van der Waals surface area contributed by atoms with Crippen LogP contribution in [0.1, 0.15) is 47.8 Å². The van der Waals surface area contributed by atoms with Gasteiger partial charge in [0.1, 0.15) is 34.0 Å². The van der Waals surface area contributed by atoms with Crippen LogP contribution in [0.25, 0.3) is 0 Å². The molecule has 9 nitrogen and oxygen atoms in total. The molecule has 0 unspecified atom stereocenters. The summed E-state index contributed by atoms with van der Waals surface area (Å²) in [6, 6.07) is 5.38. The quantitative estimate of drug-likeness (QED) is 0.315. The van der Waals surface area contributed by atoms with Crippen molar-refractivity contribution >= 4 is 17.3 Å². The normalized spacial score (nSPS) is 19.7. The van der Waals surface area contributed by atoms with Crippen molar-refractivity contribution in [2.24, 2.45) is 0 Å². The van der Waals surface area contributed by atoms with E-state index in [1.807, 2.05) is 6.07 Å². The molecule has 0 aromatic heterocycles. The predicted molar refractivity (Wildman–Crippen MR) is 130 cm³/mol. The topological polar surface area (TPSA) is 131 Å². The number of carbonyl (C=O) groups excluding carboxylic acids is 3. The lowest BCUT2D eigenvalue weighted by molar-refractivity contribution is -0.123. The summed E-state index contributed by atoms with van der Waals surface area (Å²) in [5.41, 5.74) is -0.661. The van der Waals surface area contributed by atoms with E-state index in [1.165, 1.54) is 41.1 Å². The summed E-state index contributed by atoms with van der Waals surface area (Å²) in [4.78, 5) is 39.2. The second kappa shape index (κ2) is 8.75. The van der Waals surface area contributed by atoms with Gasteiger partial charge in [0, 0.05) is 29.4 Å². The van der Waals surface area contributed by atoms with Crippen LogP contribution in [0.3, 0.4) is 0 Å². The van der Waals surface area contributed by atoms with Gasteiger partial charge < -0.3 is 29.7 Å². The molecule has 1 atom stereocenters. The van der Waals surface area contributed by atoms with E-state index in [-0.39, 0.29) is 46.1 Å². The summed E-state index contributed by atoms with van der Waals surface area (Å²) in [5.74, 6) is -1.54. The molecule has 4 rings (SSSR count). The van der Waals surface area contributed by atoms with Crippen LogP contribution in [0, 0.1) is 6.92 Å². The summed E-state index contributed by atoms with van der Waals surface area (Å²) < 4.78 is 16.6. The summed E-state index contributed by atoms with van der Waals surface area (Å²) in [5, 5.41) is 24.5. The maximum Gasteiger partial charge on any atom is 0.194 e. The molecule has 1 heterocycles. The number of ketones is 3. The number of nitrogens with one attached hydrogen (secondary N) is 1. The van der Waals surface area contributed by atoms with Crippen molar-refractivity contribution in [3.63, 3.8) is 0 Å². The molecule has 3 N–H and O–H groups in total. The third-order valence-electron chi connectivity index (χ3n) is 6.79. The van der Waals surface area contributed by atoms with Crippen molar-refractivity contribution in [1.29, 1.82) is 0 Å². The molecule has 36 heavy (non-hydrogen) atoms. The van der Waals surface area contributed by atoms with Gasteiger partial charge in [-0.3, -0.25) is 14.4 Å². The number of para-hydroxylation sites is 1. The van der Waals surface area contributed by atoms with Crippen molar-refractivity contribution in [1.82, 2.24) is 5.32 Å². The zero-order valence-electron chi connectivity index (χ0n) is 20.9. The molecule has 2 aromatic carbocycles. The summed E-state index contributed by atoms with van der Waals surface area (Å²) in [6.45, 7) is 6.06. The molecule has 0 bridgehead atoms. The molecule has 9 heteroatoms. The molecule has 0 spiro atoms. The maximum atomic E-state index is 13.9. The third kappa shape index (κ3) is 3.42. The second-order valence-corrected chi connectivity index (χ2v) is 8.89. The summed E-state index contributed by atoms with van der Waals surface area (Å²) in [6.07, 6.45) is 1.18. The third-order valence-corrected chi connectivity index (χ3v) is 6.79. The fourth-order valence-corrected chi connectivity index (χ4v) is 4.77. The van der Waals surface area contributed by atoms with E-state index in [4.69, 9.17) is 14.2 Å². The molecule has 1 aliphatic carbocycles. The number of rotatable bonds is 6. The Morgan fingerprint density at radius 1 is 1.11 bits per heavy atom. The van der Waals surface area contributed by atoms with E-state index in [9.17, 15) is 24.6 Å². The molecular formula is C27H27NO8. The fourth-order valence-electron chi connectivity index (χ4n) is 4.77. The zero-order valence-corrected chi connectivity index (χ0v) is 20.9. The Morgan fingerprint density at radius 2 is 1.81 bits per heavy atom. The number of hydrogen-bond donors (Lipinski definition) is 3. The fraction of sp³-hybridized carbons (Fsp3) is 0.296. The number of methoxy groups -OCH3 is 2. The molecule has 2 aliphatic rings. The average Bonchev–Trinajstić information content (AvgIpc) is 3.13. The monoisotopic (exact) mass is 493 g/mol. The highest BCUT2D eigenvalue weighted by Gasteiger charge is 2.56. The Kier molecular flexibility index (Phi) is 6.03. The Bertz CT molecular complexity index is 1400. The van der Waals surface area contributed by atoms with Crippen molar-refractivity contribution in [3.8, 4) is 28.7 Å². The van der Waals surface area contributed by atoms with Crippen molar-refractivity contribution in [2.75, 3.05) is 14.2 Å². The largest absolute Gasteiger partial charge is 0.507 e. The lowest BCUT2D eigenvalue weighted by Gasteiger charge is -2.29. The Labute approximate surface area is 208 Å². The molecular weight excluding hydrogens is 466 g/mol. The van der Waals surface area contributed by atoms with Crippen LogP contribution in [0.2, 0.25) is 0 Å². The van der Waals surface area contributed by atoms with Gasteiger partial charge in [-0.1, -0.05) is 12.1 Å². The van der Waals surface area contributed by atoms with E-state index >= 15 is 0 Å². The minimum Gasteiger partial charge on any atom is -0.507 e. The van der Waals surface area contributed by atoms with Crippen molar-refractivity contribution in [3.05, 3.63) is 63.6 Å². The van der Waals surface area contributed by atoms with Crippen LogP contribution in [-0.2, 0) is 21.5 Å². The number of benzene rings is 2. The molecule has 0 fully saturated rings. The highest BCUT2D eigenvalue weighted by Crippen LogP contribution is 2.57. The number of carbonyl (C=O) groups is 3. The van der Waals surface area contributed by atoms with E-state index in [1.54, 1.807) is 19.1 Å². The van der Waals surface area contributed by atoms with Gasteiger partial charge in [-0.2, -0.15) is 0 Å². The molecule has 1 aliphatic heterocycles. The van der Waals surface area contributed by atoms with Gasteiger partial charge in [0.05, 0.1) is 25.4 Å². The molecule has 0 saturated carbocycles. The molecule has 0 saturated heterocycles. The maximum absolute atomic E-state index is 13.9. The highest BCUT2D eigenvalue weighted by atomic mass is 16.5.